The summed E-state index contributed by atoms with van der Waals surface area (Å²) in [5.41, 5.74) is 5.82. The van der Waals surface area contributed by atoms with Gasteiger partial charge in [-0.1, -0.05) is 27.7 Å². The van der Waals surface area contributed by atoms with Crippen molar-refractivity contribution in [3.05, 3.63) is 0 Å². The molecule has 1 aliphatic rings. The zero-order valence-corrected chi connectivity index (χ0v) is 13.0. The van der Waals surface area contributed by atoms with Crippen LogP contribution in [0.15, 0.2) is 0 Å². The summed E-state index contributed by atoms with van der Waals surface area (Å²) in [5.74, 6) is 0.593. The van der Waals surface area contributed by atoms with Gasteiger partial charge in [-0.25, -0.2) is 0 Å². The Morgan fingerprint density at radius 1 is 1.37 bits per heavy atom. The number of nitrogens with zero attached hydrogens (tertiary/aromatic N) is 1. The first-order chi connectivity index (χ1) is 8.84. The van der Waals surface area contributed by atoms with Gasteiger partial charge < -0.3 is 16.0 Å². The molecule has 1 atom stereocenters. The molecule has 0 aromatic rings. The molecule has 112 valence electrons. The number of hydrogen-bond donors (Lipinski definition) is 2. The molecule has 1 fully saturated rings. The van der Waals surface area contributed by atoms with Crippen molar-refractivity contribution in [2.75, 3.05) is 26.2 Å². The number of rotatable bonds is 6. The van der Waals surface area contributed by atoms with Crippen molar-refractivity contribution < 1.29 is 4.79 Å². The second kappa shape index (κ2) is 7.25. The van der Waals surface area contributed by atoms with Crippen LogP contribution in [0.2, 0.25) is 0 Å². The fraction of sp³-hybridized carbons (Fsp3) is 0.933. The minimum absolute atomic E-state index is 0.176. The van der Waals surface area contributed by atoms with Crippen molar-refractivity contribution >= 4 is 5.91 Å². The largest absolute Gasteiger partial charge is 0.368 e. The van der Waals surface area contributed by atoms with E-state index in [1.807, 2.05) is 6.92 Å². The van der Waals surface area contributed by atoms with Crippen LogP contribution < -0.4 is 11.1 Å². The van der Waals surface area contributed by atoms with Crippen LogP contribution in [0.3, 0.4) is 0 Å². The van der Waals surface area contributed by atoms with Gasteiger partial charge in [0.1, 0.15) is 0 Å². The van der Waals surface area contributed by atoms with Crippen LogP contribution in [0.5, 0.6) is 0 Å². The Morgan fingerprint density at radius 3 is 2.37 bits per heavy atom. The molecule has 0 aromatic carbocycles. The fourth-order valence-electron chi connectivity index (χ4n) is 2.93. The molecule has 4 nitrogen and oxygen atoms in total. The number of nitrogens with one attached hydrogen (secondary N) is 1. The third-order valence-electron chi connectivity index (χ3n) is 4.34. The first-order valence-electron chi connectivity index (χ1n) is 7.59. The monoisotopic (exact) mass is 269 g/mol. The average molecular weight is 269 g/mol. The van der Waals surface area contributed by atoms with E-state index in [9.17, 15) is 4.79 Å². The van der Waals surface area contributed by atoms with Crippen molar-refractivity contribution in [3.63, 3.8) is 0 Å². The molecule has 0 spiro atoms. The zero-order chi connectivity index (χ0) is 14.5. The van der Waals surface area contributed by atoms with E-state index in [0.29, 0.717) is 5.41 Å². The van der Waals surface area contributed by atoms with Crippen molar-refractivity contribution in [2.24, 2.45) is 17.1 Å². The lowest BCUT2D eigenvalue weighted by atomic mass is 9.75. The van der Waals surface area contributed by atoms with Gasteiger partial charge in [0.15, 0.2) is 0 Å². The lowest BCUT2D eigenvalue weighted by Gasteiger charge is -2.39. The second-order valence-electron chi connectivity index (χ2n) is 6.78. The first kappa shape index (κ1) is 16.4. The third-order valence-corrected chi connectivity index (χ3v) is 4.34. The van der Waals surface area contributed by atoms with Crippen LogP contribution in [0.1, 0.15) is 47.0 Å². The summed E-state index contributed by atoms with van der Waals surface area (Å²) >= 11 is 0. The average Bonchev–Trinajstić information content (AvgIpc) is 2.33. The summed E-state index contributed by atoms with van der Waals surface area (Å²) < 4.78 is 0. The van der Waals surface area contributed by atoms with E-state index in [2.05, 4.69) is 31.0 Å². The maximum Gasteiger partial charge on any atom is 0.234 e. The number of carbonyl (C=O) groups is 1. The number of carbonyl (C=O) groups excluding carboxylic acids is 1. The lowest BCUT2D eigenvalue weighted by molar-refractivity contribution is -0.120. The minimum Gasteiger partial charge on any atom is -0.368 e. The van der Waals surface area contributed by atoms with Crippen molar-refractivity contribution in [1.29, 1.82) is 0 Å². The minimum atomic E-state index is -0.230. The molecular weight excluding hydrogens is 238 g/mol. The van der Waals surface area contributed by atoms with Crippen molar-refractivity contribution in [1.82, 2.24) is 10.2 Å². The smallest absolute Gasteiger partial charge is 0.234 e. The van der Waals surface area contributed by atoms with Crippen LogP contribution >= 0.6 is 0 Å². The molecular formula is C15H31N3O. The first-order valence-corrected chi connectivity index (χ1v) is 7.59. The molecule has 0 bridgehead atoms. The molecule has 1 saturated heterocycles. The van der Waals surface area contributed by atoms with Crippen LogP contribution in [0, 0.1) is 11.3 Å². The highest BCUT2D eigenvalue weighted by molar-refractivity contribution is 5.79. The SMILES string of the molecule is CCNC(CCN1CCC(C(C)(C)C)CC1)C(N)=O. The number of primary amides is 1. The number of amides is 1. The van der Waals surface area contributed by atoms with E-state index in [1.165, 1.54) is 12.8 Å². The van der Waals surface area contributed by atoms with Crippen LogP contribution in [-0.2, 0) is 4.79 Å². The van der Waals surface area contributed by atoms with Crippen LogP contribution in [-0.4, -0.2) is 43.0 Å². The van der Waals surface area contributed by atoms with Gasteiger partial charge in [-0.15, -0.1) is 0 Å². The molecule has 1 unspecified atom stereocenters. The predicted molar refractivity (Wildman–Crippen MR) is 79.9 cm³/mol. The standard InChI is InChI=1S/C15H31N3O/c1-5-17-13(14(16)19)8-11-18-9-6-12(7-10-18)15(2,3)4/h12-13,17H,5-11H2,1-4H3,(H2,16,19). The predicted octanol–water partition coefficient (Wildman–Crippen LogP) is 1.60. The van der Waals surface area contributed by atoms with Crippen LogP contribution in [0.4, 0.5) is 0 Å². The maximum atomic E-state index is 11.3. The van der Waals surface area contributed by atoms with Gasteiger partial charge in [-0.3, -0.25) is 4.79 Å². The van der Waals surface area contributed by atoms with Crippen molar-refractivity contribution in [2.45, 2.75) is 53.0 Å². The number of nitrogens with two attached hydrogens (primary N) is 1. The number of piperidine rings is 1. The second-order valence-corrected chi connectivity index (χ2v) is 6.78. The van der Waals surface area contributed by atoms with Gasteiger partial charge in [0.05, 0.1) is 6.04 Å². The summed E-state index contributed by atoms with van der Waals surface area (Å²) in [6.07, 6.45) is 3.36. The molecule has 19 heavy (non-hydrogen) atoms. The zero-order valence-electron chi connectivity index (χ0n) is 13.0. The molecule has 0 radical (unpaired) electrons. The van der Waals surface area contributed by atoms with Gasteiger partial charge in [-0.05, 0) is 50.2 Å². The Kier molecular flexibility index (Phi) is 6.27. The quantitative estimate of drug-likeness (QED) is 0.770. The highest BCUT2D eigenvalue weighted by Crippen LogP contribution is 2.34. The molecule has 1 amide bonds. The summed E-state index contributed by atoms with van der Waals surface area (Å²) in [7, 11) is 0. The Balaban J connectivity index is 2.31. The molecule has 4 heteroatoms. The van der Waals surface area contributed by atoms with E-state index < -0.39 is 0 Å². The Hall–Kier alpha value is -0.610. The van der Waals surface area contributed by atoms with Gasteiger partial charge in [0, 0.05) is 6.54 Å². The van der Waals surface area contributed by atoms with Gasteiger partial charge >= 0.3 is 0 Å². The molecule has 1 aliphatic heterocycles. The summed E-state index contributed by atoms with van der Waals surface area (Å²) in [5, 5.41) is 3.15. The normalized spacial score (nSPS) is 20.4. The van der Waals surface area contributed by atoms with Gasteiger partial charge in [-0.2, -0.15) is 0 Å². The van der Waals surface area contributed by atoms with E-state index in [-0.39, 0.29) is 11.9 Å². The van der Waals surface area contributed by atoms with E-state index in [0.717, 1.165) is 38.5 Å². The molecule has 1 heterocycles. The van der Waals surface area contributed by atoms with Crippen molar-refractivity contribution in [3.8, 4) is 0 Å². The molecule has 0 saturated carbocycles. The van der Waals surface area contributed by atoms with E-state index in [4.69, 9.17) is 5.73 Å². The van der Waals surface area contributed by atoms with E-state index >= 15 is 0 Å². The summed E-state index contributed by atoms with van der Waals surface area (Å²) in [6, 6.07) is -0.176. The Bertz CT molecular complexity index is 278. The number of likely N-dealkylation sites (N-methyl/N-ethyl adjacent to an activating group) is 1. The summed E-state index contributed by atoms with van der Waals surface area (Å²) in [6.45, 7) is 13.1. The number of hydrogen-bond acceptors (Lipinski definition) is 3. The molecule has 0 aromatic heterocycles. The van der Waals surface area contributed by atoms with Gasteiger partial charge in [0.2, 0.25) is 5.91 Å². The summed E-state index contributed by atoms with van der Waals surface area (Å²) in [4.78, 5) is 13.8. The fourth-order valence-corrected chi connectivity index (χ4v) is 2.93. The highest BCUT2D eigenvalue weighted by Gasteiger charge is 2.28. The number of likely N-dealkylation sites (tertiary alicyclic amines) is 1. The molecule has 0 aliphatic carbocycles. The molecule has 1 rings (SSSR count). The maximum absolute atomic E-state index is 11.3. The van der Waals surface area contributed by atoms with E-state index in [1.54, 1.807) is 0 Å². The topological polar surface area (TPSA) is 58.4 Å². The Morgan fingerprint density at radius 2 is 1.95 bits per heavy atom. The Labute approximate surface area is 118 Å². The molecule has 3 N–H and O–H groups in total. The third kappa shape index (κ3) is 5.49. The lowest BCUT2D eigenvalue weighted by Crippen LogP contribution is -2.45. The van der Waals surface area contributed by atoms with Crippen LogP contribution in [0.25, 0.3) is 0 Å². The highest BCUT2D eigenvalue weighted by atomic mass is 16.1. The van der Waals surface area contributed by atoms with Gasteiger partial charge in [0.25, 0.3) is 0 Å².